The van der Waals surface area contributed by atoms with E-state index < -0.39 is 0 Å². The number of hydrogen-bond donors (Lipinski definition) is 1. The van der Waals surface area contributed by atoms with Crippen LogP contribution >= 0.6 is 23.2 Å². The molecule has 4 nitrogen and oxygen atoms in total. The summed E-state index contributed by atoms with van der Waals surface area (Å²) >= 11 is 12.0. The molecular weight excluding hydrogens is 299 g/mol. The number of carbonyl (C=O) groups excluding carboxylic acids is 2. The van der Waals surface area contributed by atoms with E-state index in [0.717, 1.165) is 12.8 Å². The van der Waals surface area contributed by atoms with Gasteiger partial charge in [-0.15, -0.1) is 0 Å². The van der Waals surface area contributed by atoms with Gasteiger partial charge in [-0.05, 0) is 25.0 Å². The summed E-state index contributed by atoms with van der Waals surface area (Å²) in [6, 6.07) is 4.99. The molecule has 1 atom stereocenters. The molecule has 6 heteroatoms. The summed E-state index contributed by atoms with van der Waals surface area (Å²) in [4.78, 5) is 25.8. The van der Waals surface area contributed by atoms with Gasteiger partial charge >= 0.3 is 0 Å². The van der Waals surface area contributed by atoms with Crippen molar-refractivity contribution in [3.63, 3.8) is 0 Å². The summed E-state index contributed by atoms with van der Waals surface area (Å²) in [5.41, 5.74) is 0.386. The third-order valence-electron chi connectivity index (χ3n) is 3.51. The van der Waals surface area contributed by atoms with Crippen molar-refractivity contribution in [2.24, 2.45) is 5.92 Å². The maximum Gasteiger partial charge on any atom is 0.255 e. The Hall–Kier alpha value is -1.26. The molecule has 0 bridgehead atoms. The number of benzene rings is 1. The fourth-order valence-electron chi connectivity index (χ4n) is 2.42. The van der Waals surface area contributed by atoms with Gasteiger partial charge in [0, 0.05) is 20.1 Å². The van der Waals surface area contributed by atoms with Crippen LogP contribution in [-0.4, -0.2) is 36.9 Å². The Balaban J connectivity index is 2.16. The van der Waals surface area contributed by atoms with Crippen molar-refractivity contribution in [3.8, 4) is 0 Å². The summed E-state index contributed by atoms with van der Waals surface area (Å²) in [6.07, 6.45) is 1.61. The second-order valence-electron chi connectivity index (χ2n) is 4.81. The molecule has 1 aromatic carbocycles. The van der Waals surface area contributed by atoms with Gasteiger partial charge in [-0.1, -0.05) is 29.3 Å². The Bertz CT molecular complexity index is 534. The standard InChI is InChI=1S/C14H16Cl2N2O2/c1-17-13(19)9-4-3-7-18(8-9)14(20)10-5-2-6-11(15)12(10)16/h2,5-6,9H,3-4,7-8H2,1H3,(H,17,19). The lowest BCUT2D eigenvalue weighted by molar-refractivity contribution is -0.125. The van der Waals surface area contributed by atoms with E-state index in [9.17, 15) is 9.59 Å². The van der Waals surface area contributed by atoms with Crippen LogP contribution in [0.15, 0.2) is 18.2 Å². The largest absolute Gasteiger partial charge is 0.359 e. The van der Waals surface area contributed by atoms with Gasteiger partial charge in [-0.3, -0.25) is 9.59 Å². The minimum Gasteiger partial charge on any atom is -0.359 e. The third-order valence-corrected chi connectivity index (χ3v) is 4.33. The Morgan fingerprint density at radius 1 is 1.35 bits per heavy atom. The highest BCUT2D eigenvalue weighted by Gasteiger charge is 2.29. The van der Waals surface area contributed by atoms with E-state index in [4.69, 9.17) is 23.2 Å². The van der Waals surface area contributed by atoms with E-state index in [1.165, 1.54) is 0 Å². The maximum absolute atomic E-state index is 12.5. The quantitative estimate of drug-likeness (QED) is 0.912. The van der Waals surface area contributed by atoms with Crippen LogP contribution < -0.4 is 5.32 Å². The second-order valence-corrected chi connectivity index (χ2v) is 5.59. The van der Waals surface area contributed by atoms with Gasteiger partial charge in [0.05, 0.1) is 21.5 Å². The van der Waals surface area contributed by atoms with Crippen LogP contribution in [0.2, 0.25) is 10.0 Å². The molecule has 0 spiro atoms. The van der Waals surface area contributed by atoms with Crippen molar-refractivity contribution in [2.45, 2.75) is 12.8 Å². The number of carbonyl (C=O) groups is 2. The van der Waals surface area contributed by atoms with Gasteiger partial charge in [0.1, 0.15) is 0 Å². The van der Waals surface area contributed by atoms with Crippen LogP contribution in [0, 0.1) is 5.92 Å². The molecule has 20 heavy (non-hydrogen) atoms. The molecule has 0 aromatic heterocycles. The molecule has 2 amide bonds. The molecule has 1 unspecified atom stereocenters. The lowest BCUT2D eigenvalue weighted by Gasteiger charge is -2.32. The summed E-state index contributed by atoms with van der Waals surface area (Å²) < 4.78 is 0. The lowest BCUT2D eigenvalue weighted by Crippen LogP contribution is -2.44. The molecule has 0 aliphatic carbocycles. The predicted molar refractivity (Wildman–Crippen MR) is 79.2 cm³/mol. The van der Waals surface area contributed by atoms with Crippen LogP contribution in [0.1, 0.15) is 23.2 Å². The van der Waals surface area contributed by atoms with Crippen molar-refractivity contribution in [3.05, 3.63) is 33.8 Å². The third kappa shape index (κ3) is 3.07. The monoisotopic (exact) mass is 314 g/mol. The normalized spacial score (nSPS) is 18.8. The minimum atomic E-state index is -0.175. The van der Waals surface area contributed by atoms with Gasteiger partial charge in [-0.25, -0.2) is 0 Å². The first-order chi connectivity index (χ1) is 9.54. The topological polar surface area (TPSA) is 49.4 Å². The van der Waals surface area contributed by atoms with E-state index in [1.807, 2.05) is 0 Å². The molecule has 1 heterocycles. The Kier molecular flexibility index (Phi) is 4.89. The molecule has 0 saturated carbocycles. The predicted octanol–water partition coefficient (Wildman–Crippen LogP) is 2.59. The lowest BCUT2D eigenvalue weighted by atomic mass is 9.96. The molecule has 1 saturated heterocycles. The minimum absolute atomic E-state index is 0.0281. The number of hydrogen-bond acceptors (Lipinski definition) is 2. The van der Waals surface area contributed by atoms with Crippen LogP contribution in [-0.2, 0) is 4.79 Å². The SMILES string of the molecule is CNC(=O)C1CCCN(C(=O)c2cccc(Cl)c2Cl)C1. The fourth-order valence-corrected chi connectivity index (χ4v) is 2.80. The smallest absolute Gasteiger partial charge is 0.255 e. The first-order valence-electron chi connectivity index (χ1n) is 6.49. The number of nitrogens with one attached hydrogen (secondary N) is 1. The number of halogens is 2. The molecule has 2 rings (SSSR count). The van der Waals surface area contributed by atoms with Crippen LogP contribution in [0.4, 0.5) is 0 Å². The Morgan fingerprint density at radius 3 is 2.80 bits per heavy atom. The van der Waals surface area contributed by atoms with Gasteiger partial charge in [0.2, 0.25) is 5.91 Å². The average molecular weight is 315 g/mol. The molecule has 1 aromatic rings. The van der Waals surface area contributed by atoms with Crippen molar-refractivity contribution in [1.29, 1.82) is 0 Å². The van der Waals surface area contributed by atoms with Crippen molar-refractivity contribution in [2.75, 3.05) is 20.1 Å². The summed E-state index contributed by atoms with van der Waals surface area (Å²) in [5, 5.41) is 3.25. The Morgan fingerprint density at radius 2 is 2.10 bits per heavy atom. The second kappa shape index (κ2) is 6.46. The van der Waals surface area contributed by atoms with E-state index in [-0.39, 0.29) is 22.8 Å². The van der Waals surface area contributed by atoms with Crippen LogP contribution in [0.25, 0.3) is 0 Å². The molecule has 1 aliphatic rings. The number of nitrogens with zero attached hydrogens (tertiary/aromatic N) is 1. The first-order valence-corrected chi connectivity index (χ1v) is 7.25. The highest BCUT2D eigenvalue weighted by Crippen LogP contribution is 2.28. The summed E-state index contributed by atoms with van der Waals surface area (Å²) in [6.45, 7) is 1.05. The molecule has 0 radical (unpaired) electrons. The summed E-state index contributed by atoms with van der Waals surface area (Å²) in [7, 11) is 1.61. The molecule has 1 N–H and O–H groups in total. The van der Waals surface area contributed by atoms with E-state index in [1.54, 1.807) is 30.1 Å². The fraction of sp³-hybridized carbons (Fsp3) is 0.429. The van der Waals surface area contributed by atoms with Crippen molar-refractivity contribution < 1.29 is 9.59 Å². The molecule has 1 aliphatic heterocycles. The maximum atomic E-state index is 12.5. The van der Waals surface area contributed by atoms with E-state index in [0.29, 0.717) is 23.7 Å². The average Bonchev–Trinajstić information content (AvgIpc) is 2.48. The molecular formula is C14H16Cl2N2O2. The number of piperidine rings is 1. The molecule has 1 fully saturated rings. The van der Waals surface area contributed by atoms with E-state index >= 15 is 0 Å². The molecule has 108 valence electrons. The highest BCUT2D eigenvalue weighted by molar-refractivity contribution is 6.43. The van der Waals surface area contributed by atoms with E-state index in [2.05, 4.69) is 5.32 Å². The zero-order chi connectivity index (χ0) is 14.7. The van der Waals surface area contributed by atoms with Crippen LogP contribution in [0.5, 0.6) is 0 Å². The van der Waals surface area contributed by atoms with Crippen molar-refractivity contribution >= 4 is 35.0 Å². The van der Waals surface area contributed by atoms with Crippen LogP contribution in [0.3, 0.4) is 0 Å². The number of rotatable bonds is 2. The number of amides is 2. The zero-order valence-corrected chi connectivity index (χ0v) is 12.7. The Labute approximate surface area is 128 Å². The first kappa shape index (κ1) is 15.1. The van der Waals surface area contributed by atoms with Gasteiger partial charge < -0.3 is 10.2 Å². The van der Waals surface area contributed by atoms with Gasteiger partial charge in [0.15, 0.2) is 0 Å². The zero-order valence-electron chi connectivity index (χ0n) is 11.2. The highest BCUT2D eigenvalue weighted by atomic mass is 35.5. The number of likely N-dealkylation sites (tertiary alicyclic amines) is 1. The van der Waals surface area contributed by atoms with Crippen molar-refractivity contribution in [1.82, 2.24) is 10.2 Å². The van der Waals surface area contributed by atoms with Gasteiger partial charge in [-0.2, -0.15) is 0 Å². The summed E-state index contributed by atoms with van der Waals surface area (Å²) in [5.74, 6) is -0.360. The van der Waals surface area contributed by atoms with Gasteiger partial charge in [0.25, 0.3) is 5.91 Å².